The molecule has 1 aliphatic carbocycles. The summed E-state index contributed by atoms with van der Waals surface area (Å²) in [6, 6.07) is 7.79. The molecule has 2 unspecified atom stereocenters. The lowest BCUT2D eigenvalue weighted by Gasteiger charge is -2.39. The van der Waals surface area contributed by atoms with E-state index in [2.05, 4.69) is 25.9 Å². The molecule has 0 N–H and O–H groups in total. The summed E-state index contributed by atoms with van der Waals surface area (Å²) in [5.74, 6) is -0.00517. The van der Waals surface area contributed by atoms with Crippen molar-refractivity contribution >= 4 is 5.91 Å². The van der Waals surface area contributed by atoms with Gasteiger partial charge in [-0.2, -0.15) is 18.3 Å². The number of likely N-dealkylation sites (tertiary alicyclic amines) is 1. The molecular formula is C21H24F3N3O. The fraction of sp³-hybridized carbons (Fsp3) is 0.524. The minimum atomic E-state index is -4.47. The second-order valence-corrected chi connectivity index (χ2v) is 9.34. The Morgan fingerprint density at radius 1 is 1.11 bits per heavy atom. The second-order valence-electron chi connectivity index (χ2n) is 9.34. The predicted molar refractivity (Wildman–Crippen MR) is 99.1 cm³/mol. The Morgan fingerprint density at radius 2 is 1.79 bits per heavy atom. The van der Waals surface area contributed by atoms with Gasteiger partial charge in [-0.25, -0.2) is 4.68 Å². The van der Waals surface area contributed by atoms with E-state index in [9.17, 15) is 18.0 Å². The Balaban J connectivity index is 1.53. The molecule has 4 rings (SSSR count). The molecule has 4 nitrogen and oxygen atoms in total. The lowest BCUT2D eigenvalue weighted by Crippen LogP contribution is -2.37. The normalized spacial score (nSPS) is 26.5. The minimum Gasteiger partial charge on any atom is -0.335 e. The molecule has 1 aromatic carbocycles. The van der Waals surface area contributed by atoms with Crippen molar-refractivity contribution < 1.29 is 18.0 Å². The third-order valence-corrected chi connectivity index (χ3v) is 5.93. The van der Waals surface area contributed by atoms with Crippen LogP contribution in [0.15, 0.2) is 36.5 Å². The second kappa shape index (κ2) is 6.09. The lowest BCUT2D eigenvalue weighted by atomic mass is 9.65. The number of halogens is 3. The summed E-state index contributed by atoms with van der Waals surface area (Å²) in [7, 11) is 0. The molecule has 1 saturated heterocycles. The van der Waals surface area contributed by atoms with Crippen molar-refractivity contribution in [1.82, 2.24) is 14.7 Å². The summed E-state index contributed by atoms with van der Waals surface area (Å²) in [6.07, 6.45) is -0.0570. The van der Waals surface area contributed by atoms with Gasteiger partial charge in [0, 0.05) is 24.3 Å². The Bertz CT molecular complexity index is 900. The van der Waals surface area contributed by atoms with Gasteiger partial charge in [0.1, 0.15) is 0 Å². The van der Waals surface area contributed by atoms with Crippen LogP contribution >= 0.6 is 0 Å². The summed E-state index contributed by atoms with van der Waals surface area (Å²) in [4.78, 5) is 15.1. The van der Waals surface area contributed by atoms with Gasteiger partial charge in [-0.3, -0.25) is 4.79 Å². The zero-order chi connectivity index (χ0) is 20.3. The molecule has 2 bridgehead atoms. The van der Waals surface area contributed by atoms with E-state index in [1.165, 1.54) is 10.9 Å². The number of nitrogens with zero attached hydrogens (tertiary/aromatic N) is 3. The number of benzene rings is 1. The number of carbonyl (C=O) groups is 1. The van der Waals surface area contributed by atoms with Crippen molar-refractivity contribution in [1.29, 1.82) is 0 Å². The van der Waals surface area contributed by atoms with Crippen LogP contribution in [0.25, 0.3) is 5.69 Å². The van der Waals surface area contributed by atoms with E-state index in [4.69, 9.17) is 0 Å². The first kappa shape index (κ1) is 19.0. The maximum absolute atomic E-state index is 13.1. The first-order valence-corrected chi connectivity index (χ1v) is 9.50. The average molecular weight is 391 g/mol. The molecule has 1 amide bonds. The smallest absolute Gasteiger partial charge is 0.335 e. The van der Waals surface area contributed by atoms with Crippen LogP contribution < -0.4 is 0 Å². The Hall–Kier alpha value is -2.31. The van der Waals surface area contributed by atoms with Crippen molar-refractivity contribution in [2.45, 2.75) is 52.3 Å². The number of carbonyl (C=O) groups excluding carboxylic acids is 1. The number of alkyl halides is 3. The van der Waals surface area contributed by atoms with Crippen LogP contribution in [0.4, 0.5) is 13.2 Å². The average Bonchev–Trinajstić information content (AvgIpc) is 3.16. The van der Waals surface area contributed by atoms with Crippen molar-refractivity contribution in [3.8, 4) is 5.69 Å². The van der Waals surface area contributed by atoms with Gasteiger partial charge < -0.3 is 4.90 Å². The van der Waals surface area contributed by atoms with Gasteiger partial charge in [0.25, 0.3) is 5.91 Å². The number of amides is 1. The summed E-state index contributed by atoms with van der Waals surface area (Å²) < 4.78 is 39.3. The summed E-state index contributed by atoms with van der Waals surface area (Å²) in [6.45, 7) is 7.54. The lowest BCUT2D eigenvalue weighted by molar-refractivity contribution is -0.141. The van der Waals surface area contributed by atoms with Crippen LogP contribution in [0.2, 0.25) is 0 Å². The van der Waals surface area contributed by atoms with Gasteiger partial charge in [-0.15, -0.1) is 0 Å². The molecule has 0 radical (unpaired) electrons. The first-order chi connectivity index (χ1) is 13.0. The van der Waals surface area contributed by atoms with Gasteiger partial charge in [-0.1, -0.05) is 20.8 Å². The Kier molecular flexibility index (Phi) is 4.14. The quantitative estimate of drug-likeness (QED) is 0.728. The molecule has 2 aromatic rings. The molecule has 7 heteroatoms. The highest BCUT2D eigenvalue weighted by Gasteiger charge is 2.51. The van der Waals surface area contributed by atoms with Gasteiger partial charge >= 0.3 is 6.18 Å². The predicted octanol–water partition coefficient (Wildman–Crippen LogP) is 4.93. The van der Waals surface area contributed by atoms with Crippen molar-refractivity contribution in [3.63, 3.8) is 0 Å². The molecule has 2 aliphatic rings. The highest BCUT2D eigenvalue weighted by Crippen LogP contribution is 2.52. The van der Waals surface area contributed by atoms with E-state index in [1.54, 1.807) is 24.3 Å². The standard InChI is InChI=1S/C21H24F3N3O/c1-19(2)10-16-11-20(3,12-19)13-26(16)18(28)14-4-6-15(7-5-14)27-9-8-17(25-27)21(22,23)24/h4-9,16H,10-13H2,1-3H3. The summed E-state index contributed by atoms with van der Waals surface area (Å²) >= 11 is 0. The van der Waals surface area contributed by atoms with Gasteiger partial charge in [0.2, 0.25) is 0 Å². The summed E-state index contributed by atoms with van der Waals surface area (Å²) in [5.41, 5.74) is 0.492. The number of aromatic nitrogens is 2. The molecule has 1 aromatic heterocycles. The van der Waals surface area contributed by atoms with Crippen molar-refractivity contribution in [3.05, 3.63) is 47.8 Å². The van der Waals surface area contributed by atoms with Crippen molar-refractivity contribution in [2.75, 3.05) is 6.54 Å². The maximum atomic E-state index is 13.1. The minimum absolute atomic E-state index is 0.00517. The number of rotatable bonds is 2. The number of hydrogen-bond donors (Lipinski definition) is 0. The van der Waals surface area contributed by atoms with Crippen LogP contribution in [0.5, 0.6) is 0 Å². The molecule has 2 atom stereocenters. The van der Waals surface area contributed by atoms with E-state index in [0.717, 1.165) is 31.9 Å². The largest absolute Gasteiger partial charge is 0.435 e. The zero-order valence-electron chi connectivity index (χ0n) is 16.3. The molecule has 150 valence electrons. The van der Waals surface area contributed by atoms with E-state index < -0.39 is 11.9 Å². The number of hydrogen-bond acceptors (Lipinski definition) is 2. The molecule has 28 heavy (non-hydrogen) atoms. The third kappa shape index (κ3) is 3.42. The van der Waals surface area contributed by atoms with Crippen LogP contribution in [0, 0.1) is 10.8 Å². The highest BCUT2D eigenvalue weighted by atomic mass is 19.4. The summed E-state index contributed by atoms with van der Waals surface area (Å²) in [5, 5.41) is 3.57. The zero-order valence-corrected chi connectivity index (χ0v) is 16.3. The van der Waals surface area contributed by atoms with Crippen LogP contribution in [-0.2, 0) is 6.18 Å². The Labute approximate surface area is 162 Å². The van der Waals surface area contributed by atoms with Gasteiger partial charge in [0.15, 0.2) is 5.69 Å². The van der Waals surface area contributed by atoms with E-state index in [1.807, 2.05) is 4.90 Å². The van der Waals surface area contributed by atoms with Gasteiger partial charge in [-0.05, 0) is 60.4 Å². The topological polar surface area (TPSA) is 38.1 Å². The fourth-order valence-corrected chi connectivity index (χ4v) is 5.24. The molecule has 1 saturated carbocycles. The molecule has 2 fully saturated rings. The Morgan fingerprint density at radius 3 is 2.39 bits per heavy atom. The molecule has 1 aliphatic heterocycles. The van der Waals surface area contributed by atoms with Crippen LogP contribution in [0.1, 0.15) is 56.1 Å². The monoisotopic (exact) mass is 391 g/mol. The maximum Gasteiger partial charge on any atom is 0.435 e. The highest BCUT2D eigenvalue weighted by molar-refractivity contribution is 5.95. The SMILES string of the molecule is CC1(C)CC2CC(C)(CN2C(=O)c2ccc(-n3ccc(C(F)(F)F)n3)cc2)C1. The molecule has 2 heterocycles. The van der Waals surface area contributed by atoms with E-state index in [0.29, 0.717) is 11.3 Å². The van der Waals surface area contributed by atoms with Crippen LogP contribution in [0.3, 0.4) is 0 Å². The fourth-order valence-electron chi connectivity index (χ4n) is 5.24. The van der Waals surface area contributed by atoms with Crippen molar-refractivity contribution in [2.24, 2.45) is 10.8 Å². The van der Waals surface area contributed by atoms with Crippen LogP contribution in [-0.4, -0.2) is 33.2 Å². The molecular weight excluding hydrogens is 367 g/mol. The van der Waals surface area contributed by atoms with Gasteiger partial charge in [0.05, 0.1) is 5.69 Å². The first-order valence-electron chi connectivity index (χ1n) is 9.50. The van der Waals surface area contributed by atoms with E-state index in [-0.39, 0.29) is 22.8 Å². The molecule has 0 spiro atoms. The third-order valence-electron chi connectivity index (χ3n) is 5.93. The van der Waals surface area contributed by atoms with E-state index >= 15 is 0 Å². The number of fused-ring (bicyclic) bond motifs is 2.